The predicted molar refractivity (Wildman–Crippen MR) is 83.7 cm³/mol. The van der Waals surface area contributed by atoms with Crippen LogP contribution in [0, 0.1) is 0 Å². The van der Waals surface area contributed by atoms with Crippen LogP contribution in [-0.2, 0) is 9.53 Å². The zero-order chi connectivity index (χ0) is 15.1. The lowest BCUT2D eigenvalue weighted by molar-refractivity contribution is -0.140. The number of aliphatic hydroxyl groups excluding tert-OH is 1. The molecule has 1 atom stereocenters. The van der Waals surface area contributed by atoms with Gasteiger partial charge in [-0.25, -0.2) is 0 Å². The first kappa shape index (κ1) is 19.4. The van der Waals surface area contributed by atoms with E-state index in [2.05, 4.69) is 11.7 Å². The van der Waals surface area contributed by atoms with E-state index in [4.69, 9.17) is 0 Å². The van der Waals surface area contributed by atoms with Crippen molar-refractivity contribution >= 4 is 5.97 Å². The van der Waals surface area contributed by atoms with Gasteiger partial charge in [-0.15, -0.1) is 0 Å². The van der Waals surface area contributed by atoms with Crippen LogP contribution in [0.5, 0.6) is 0 Å². The molecule has 120 valence electrons. The first-order valence-electron chi connectivity index (χ1n) is 8.45. The minimum absolute atomic E-state index is 0.131. The van der Waals surface area contributed by atoms with E-state index >= 15 is 0 Å². The summed E-state index contributed by atoms with van der Waals surface area (Å²) in [6, 6.07) is 0. The molecule has 0 aliphatic carbocycles. The van der Waals surface area contributed by atoms with E-state index in [0.29, 0.717) is 6.42 Å². The Hall–Kier alpha value is -0.570. The molecular weight excluding hydrogens is 252 g/mol. The molecule has 0 bridgehead atoms. The summed E-state index contributed by atoms with van der Waals surface area (Å²) in [6.45, 7) is 2.24. The van der Waals surface area contributed by atoms with Crippen LogP contribution in [0.25, 0.3) is 0 Å². The SMILES string of the molecule is CCCCCCCCCC(O)CCCCCC(=O)OC. The smallest absolute Gasteiger partial charge is 0.305 e. The molecule has 0 aliphatic rings. The van der Waals surface area contributed by atoms with Gasteiger partial charge >= 0.3 is 5.97 Å². The predicted octanol–water partition coefficient (Wildman–Crippen LogP) is 4.61. The Morgan fingerprint density at radius 1 is 0.900 bits per heavy atom. The molecule has 1 unspecified atom stereocenters. The molecule has 0 saturated heterocycles. The fourth-order valence-corrected chi connectivity index (χ4v) is 2.41. The summed E-state index contributed by atoms with van der Waals surface area (Å²) in [5, 5.41) is 9.85. The lowest BCUT2D eigenvalue weighted by Crippen LogP contribution is -2.06. The minimum atomic E-state index is -0.149. The molecule has 0 saturated carbocycles. The number of esters is 1. The maximum atomic E-state index is 10.9. The van der Waals surface area contributed by atoms with Crippen LogP contribution in [0.15, 0.2) is 0 Å². The number of aliphatic hydroxyl groups is 1. The number of methoxy groups -OCH3 is 1. The number of carbonyl (C=O) groups is 1. The number of hydrogen-bond donors (Lipinski definition) is 1. The molecular formula is C17H34O3. The van der Waals surface area contributed by atoms with Crippen molar-refractivity contribution in [3.05, 3.63) is 0 Å². The third-order valence-electron chi connectivity index (χ3n) is 3.79. The number of hydrogen-bond acceptors (Lipinski definition) is 3. The Morgan fingerprint density at radius 2 is 1.40 bits per heavy atom. The summed E-state index contributed by atoms with van der Waals surface area (Å²) in [5.74, 6) is -0.131. The maximum Gasteiger partial charge on any atom is 0.305 e. The molecule has 0 amide bonds. The molecule has 0 radical (unpaired) electrons. The van der Waals surface area contributed by atoms with Gasteiger partial charge in [0.15, 0.2) is 0 Å². The molecule has 3 heteroatoms. The standard InChI is InChI=1S/C17H34O3/c1-3-4-5-6-7-8-10-13-16(18)14-11-9-12-15-17(19)20-2/h16,18H,3-15H2,1-2H3. The van der Waals surface area contributed by atoms with E-state index in [9.17, 15) is 9.90 Å². The van der Waals surface area contributed by atoms with Crippen molar-refractivity contribution in [3.63, 3.8) is 0 Å². The molecule has 0 heterocycles. The summed E-state index contributed by atoms with van der Waals surface area (Å²) < 4.78 is 4.59. The molecule has 0 rings (SSSR count). The van der Waals surface area contributed by atoms with E-state index in [-0.39, 0.29) is 12.1 Å². The Kier molecular flexibility index (Phi) is 14.4. The molecule has 0 spiro atoms. The number of unbranched alkanes of at least 4 members (excludes halogenated alkanes) is 8. The Balaban J connectivity index is 3.20. The average Bonchev–Trinajstić information content (AvgIpc) is 2.45. The summed E-state index contributed by atoms with van der Waals surface area (Å²) in [5.41, 5.74) is 0. The van der Waals surface area contributed by atoms with Gasteiger partial charge in [0.05, 0.1) is 13.2 Å². The van der Waals surface area contributed by atoms with Gasteiger partial charge in [-0.1, -0.05) is 64.7 Å². The minimum Gasteiger partial charge on any atom is -0.469 e. The van der Waals surface area contributed by atoms with Crippen molar-refractivity contribution in [1.82, 2.24) is 0 Å². The zero-order valence-corrected chi connectivity index (χ0v) is 13.5. The third-order valence-corrected chi connectivity index (χ3v) is 3.79. The van der Waals surface area contributed by atoms with Crippen LogP contribution < -0.4 is 0 Å². The van der Waals surface area contributed by atoms with Crippen LogP contribution >= 0.6 is 0 Å². The van der Waals surface area contributed by atoms with Gasteiger partial charge in [-0.05, 0) is 19.3 Å². The van der Waals surface area contributed by atoms with Crippen LogP contribution in [0.1, 0.15) is 90.4 Å². The van der Waals surface area contributed by atoms with Crippen molar-refractivity contribution in [2.45, 2.75) is 96.5 Å². The summed E-state index contributed by atoms with van der Waals surface area (Å²) >= 11 is 0. The zero-order valence-electron chi connectivity index (χ0n) is 13.5. The number of ether oxygens (including phenoxy) is 1. The van der Waals surface area contributed by atoms with E-state index < -0.39 is 0 Å². The highest BCUT2D eigenvalue weighted by Gasteiger charge is 2.04. The maximum absolute atomic E-state index is 10.9. The fourth-order valence-electron chi connectivity index (χ4n) is 2.41. The first-order chi connectivity index (χ1) is 9.70. The van der Waals surface area contributed by atoms with Crippen LogP contribution in [0.3, 0.4) is 0 Å². The molecule has 0 aromatic rings. The average molecular weight is 286 g/mol. The van der Waals surface area contributed by atoms with Crippen molar-refractivity contribution in [2.24, 2.45) is 0 Å². The Morgan fingerprint density at radius 3 is 1.95 bits per heavy atom. The van der Waals surface area contributed by atoms with Crippen molar-refractivity contribution in [1.29, 1.82) is 0 Å². The number of carbonyl (C=O) groups excluding carboxylic acids is 1. The second-order valence-electron chi connectivity index (χ2n) is 5.74. The van der Waals surface area contributed by atoms with Gasteiger partial charge in [-0.3, -0.25) is 4.79 Å². The highest BCUT2D eigenvalue weighted by atomic mass is 16.5. The van der Waals surface area contributed by atoms with Gasteiger partial charge < -0.3 is 9.84 Å². The van der Waals surface area contributed by atoms with E-state index in [1.807, 2.05) is 0 Å². The molecule has 0 aliphatic heterocycles. The molecule has 1 N–H and O–H groups in total. The van der Waals surface area contributed by atoms with Gasteiger partial charge in [-0.2, -0.15) is 0 Å². The lowest BCUT2D eigenvalue weighted by Gasteiger charge is -2.10. The van der Waals surface area contributed by atoms with Crippen LogP contribution in [0.2, 0.25) is 0 Å². The molecule has 0 fully saturated rings. The van der Waals surface area contributed by atoms with Crippen molar-refractivity contribution in [2.75, 3.05) is 7.11 Å². The van der Waals surface area contributed by atoms with Gasteiger partial charge in [0.25, 0.3) is 0 Å². The van der Waals surface area contributed by atoms with Gasteiger partial charge in [0, 0.05) is 6.42 Å². The molecule has 3 nitrogen and oxygen atoms in total. The monoisotopic (exact) mass is 286 g/mol. The van der Waals surface area contributed by atoms with E-state index in [0.717, 1.165) is 38.5 Å². The number of rotatable bonds is 14. The van der Waals surface area contributed by atoms with E-state index in [1.54, 1.807) is 0 Å². The molecule has 0 aromatic carbocycles. The van der Waals surface area contributed by atoms with Gasteiger partial charge in [0.1, 0.15) is 0 Å². The topological polar surface area (TPSA) is 46.5 Å². The molecule has 20 heavy (non-hydrogen) atoms. The van der Waals surface area contributed by atoms with Crippen LogP contribution in [-0.4, -0.2) is 24.3 Å². The summed E-state index contributed by atoms with van der Waals surface area (Å²) in [6.07, 6.45) is 14.1. The van der Waals surface area contributed by atoms with E-state index in [1.165, 1.54) is 45.6 Å². The van der Waals surface area contributed by atoms with Gasteiger partial charge in [0.2, 0.25) is 0 Å². The van der Waals surface area contributed by atoms with Crippen LogP contribution in [0.4, 0.5) is 0 Å². The quantitative estimate of drug-likeness (QED) is 0.374. The third kappa shape index (κ3) is 13.9. The Labute approximate surface area is 125 Å². The summed E-state index contributed by atoms with van der Waals surface area (Å²) in [4.78, 5) is 10.9. The summed E-state index contributed by atoms with van der Waals surface area (Å²) in [7, 11) is 1.42. The van der Waals surface area contributed by atoms with Crippen molar-refractivity contribution in [3.8, 4) is 0 Å². The highest BCUT2D eigenvalue weighted by Crippen LogP contribution is 2.13. The second kappa shape index (κ2) is 14.8. The fraction of sp³-hybridized carbons (Fsp3) is 0.941. The normalized spacial score (nSPS) is 12.3. The first-order valence-corrected chi connectivity index (χ1v) is 8.45. The highest BCUT2D eigenvalue weighted by molar-refractivity contribution is 5.68. The Bertz CT molecular complexity index is 216. The molecule has 0 aromatic heterocycles. The largest absolute Gasteiger partial charge is 0.469 e. The lowest BCUT2D eigenvalue weighted by atomic mass is 10.0. The van der Waals surface area contributed by atoms with Crippen molar-refractivity contribution < 1.29 is 14.6 Å². The second-order valence-corrected chi connectivity index (χ2v) is 5.74.